The van der Waals surface area contributed by atoms with Gasteiger partial charge in [-0.05, 0) is 30.9 Å². The average Bonchev–Trinajstić information content (AvgIpc) is 2.97. The minimum Gasteiger partial charge on any atom is -0.370 e. The van der Waals surface area contributed by atoms with E-state index < -0.39 is 0 Å². The highest BCUT2D eigenvalue weighted by Gasteiger charge is 2.16. The number of amides is 1. The van der Waals surface area contributed by atoms with Gasteiger partial charge in [0, 0.05) is 19.2 Å². The third-order valence-electron chi connectivity index (χ3n) is 4.20. The number of pyridine rings is 2. The van der Waals surface area contributed by atoms with Crippen LogP contribution in [0.15, 0.2) is 24.7 Å². The average molecular weight is 325 g/mol. The van der Waals surface area contributed by atoms with Crippen molar-refractivity contribution < 1.29 is 4.79 Å². The molecule has 2 N–H and O–H groups in total. The number of nitrogens with zero attached hydrogens (tertiary/aromatic N) is 4. The van der Waals surface area contributed by atoms with Crippen LogP contribution in [0.2, 0.25) is 0 Å². The van der Waals surface area contributed by atoms with Crippen molar-refractivity contribution in [3.63, 3.8) is 0 Å². The Morgan fingerprint density at radius 2 is 2.04 bits per heavy atom. The molecule has 24 heavy (non-hydrogen) atoms. The van der Waals surface area contributed by atoms with Gasteiger partial charge in [-0.2, -0.15) is 0 Å². The monoisotopic (exact) mass is 325 g/mol. The Morgan fingerprint density at radius 3 is 2.79 bits per heavy atom. The fourth-order valence-electron chi connectivity index (χ4n) is 3.00. The van der Waals surface area contributed by atoms with Crippen molar-refractivity contribution in [3.05, 3.63) is 30.4 Å². The summed E-state index contributed by atoms with van der Waals surface area (Å²) >= 11 is 0. The molecule has 0 atom stereocenters. The molecule has 3 aromatic heterocycles. The maximum atomic E-state index is 10.8. The van der Waals surface area contributed by atoms with Crippen LogP contribution in [0.1, 0.15) is 51.1 Å². The number of carbonyl (C=O) groups is 1. The molecule has 3 rings (SSSR count). The van der Waals surface area contributed by atoms with Gasteiger partial charge in [-0.1, -0.05) is 20.3 Å². The van der Waals surface area contributed by atoms with Crippen LogP contribution in [0, 0.1) is 0 Å². The Bertz CT molecular complexity index is 868. The Morgan fingerprint density at radius 1 is 1.21 bits per heavy atom. The highest BCUT2D eigenvalue weighted by molar-refractivity contribution is 6.00. The molecule has 6 heteroatoms. The van der Waals surface area contributed by atoms with Gasteiger partial charge in [-0.15, -0.1) is 0 Å². The van der Waals surface area contributed by atoms with Crippen LogP contribution in [0.4, 0.5) is 0 Å². The number of aromatic nitrogens is 4. The number of aryl methyl sites for hydroxylation is 1. The maximum absolute atomic E-state index is 10.8. The first kappa shape index (κ1) is 16.4. The van der Waals surface area contributed by atoms with Crippen LogP contribution in [-0.2, 0) is 11.3 Å². The summed E-state index contributed by atoms with van der Waals surface area (Å²) in [7, 11) is 0. The molecule has 6 nitrogen and oxygen atoms in total. The first-order valence-electron chi connectivity index (χ1n) is 8.45. The molecule has 0 fully saturated rings. The van der Waals surface area contributed by atoms with Gasteiger partial charge in [0.2, 0.25) is 5.91 Å². The minimum atomic E-state index is -0.231. The third-order valence-corrected chi connectivity index (χ3v) is 4.20. The predicted octanol–water partition coefficient (Wildman–Crippen LogP) is 3.15. The molecular weight excluding hydrogens is 302 g/mol. The smallest absolute Gasteiger partial charge is 0.217 e. The molecule has 0 saturated heterocycles. The molecule has 0 unspecified atom stereocenters. The number of carbonyl (C=O) groups excluding carboxylic acids is 1. The number of rotatable bonds is 7. The zero-order valence-corrected chi connectivity index (χ0v) is 14.2. The lowest BCUT2D eigenvalue weighted by Gasteiger charge is -2.10. The number of unbranched alkanes of at least 4 members (excludes halogenated alkanes) is 2. The molecule has 0 radical (unpaired) electrons. The van der Waals surface area contributed by atoms with E-state index in [9.17, 15) is 4.79 Å². The summed E-state index contributed by atoms with van der Waals surface area (Å²) in [5.74, 6) is 0.0712. The van der Waals surface area contributed by atoms with Crippen molar-refractivity contribution in [1.29, 1.82) is 0 Å². The largest absolute Gasteiger partial charge is 0.370 e. The maximum Gasteiger partial charge on any atom is 0.217 e. The molecule has 0 saturated carbocycles. The molecule has 126 valence electrons. The molecule has 3 aromatic rings. The number of primary amides is 1. The molecule has 0 aromatic carbocycles. The van der Waals surface area contributed by atoms with Gasteiger partial charge in [0.1, 0.15) is 11.0 Å². The van der Waals surface area contributed by atoms with Crippen LogP contribution in [0.5, 0.6) is 0 Å². The normalized spacial score (nSPS) is 11.6. The lowest BCUT2D eigenvalue weighted by atomic mass is 10.1. The van der Waals surface area contributed by atoms with E-state index in [4.69, 9.17) is 10.7 Å². The summed E-state index contributed by atoms with van der Waals surface area (Å²) in [6.45, 7) is 5.11. The molecule has 0 bridgehead atoms. The number of hydrogen-bond donors (Lipinski definition) is 1. The zero-order chi connectivity index (χ0) is 17.1. The molecule has 0 aliphatic heterocycles. The molecule has 0 aliphatic rings. The van der Waals surface area contributed by atoms with Crippen LogP contribution in [-0.4, -0.2) is 25.4 Å². The minimum absolute atomic E-state index is 0.231. The number of fused-ring (bicyclic) bond motifs is 3. The molecule has 0 spiro atoms. The van der Waals surface area contributed by atoms with Crippen molar-refractivity contribution in [2.75, 3.05) is 0 Å². The van der Waals surface area contributed by atoms with E-state index in [1.54, 1.807) is 6.20 Å². The Balaban J connectivity index is 1.93. The summed E-state index contributed by atoms with van der Waals surface area (Å²) in [5.41, 5.74) is 9.99. The Kier molecular flexibility index (Phi) is 4.74. The van der Waals surface area contributed by atoms with E-state index in [2.05, 4.69) is 28.4 Å². The fraction of sp³-hybridized carbons (Fsp3) is 0.444. The highest BCUT2D eigenvalue weighted by atomic mass is 16.1. The molecule has 0 aliphatic carbocycles. The second-order valence-corrected chi connectivity index (χ2v) is 6.44. The topological polar surface area (TPSA) is 86.7 Å². The van der Waals surface area contributed by atoms with Crippen LogP contribution in [0.25, 0.3) is 22.1 Å². The van der Waals surface area contributed by atoms with Crippen LogP contribution in [0.3, 0.4) is 0 Å². The summed E-state index contributed by atoms with van der Waals surface area (Å²) < 4.78 is 2.16. The van der Waals surface area contributed by atoms with E-state index in [0.717, 1.165) is 53.6 Å². The van der Waals surface area contributed by atoms with E-state index in [-0.39, 0.29) is 5.91 Å². The van der Waals surface area contributed by atoms with Crippen LogP contribution >= 0.6 is 0 Å². The summed E-state index contributed by atoms with van der Waals surface area (Å²) in [4.78, 5) is 24.7. The highest BCUT2D eigenvalue weighted by Crippen LogP contribution is 2.28. The fourth-order valence-corrected chi connectivity index (χ4v) is 3.00. The van der Waals surface area contributed by atoms with Gasteiger partial charge < -0.3 is 10.3 Å². The first-order chi connectivity index (χ1) is 11.6. The number of hydrogen-bond acceptors (Lipinski definition) is 4. The van der Waals surface area contributed by atoms with Gasteiger partial charge in [0.25, 0.3) is 0 Å². The summed E-state index contributed by atoms with van der Waals surface area (Å²) in [6.07, 6.45) is 6.90. The summed E-state index contributed by atoms with van der Waals surface area (Å²) in [5, 5.41) is 0. The van der Waals surface area contributed by atoms with E-state index in [1.807, 2.05) is 18.5 Å². The van der Waals surface area contributed by atoms with Gasteiger partial charge in [-0.3, -0.25) is 9.78 Å². The molecule has 1 amide bonds. The van der Waals surface area contributed by atoms with Crippen molar-refractivity contribution in [2.24, 2.45) is 5.73 Å². The number of nitrogens with two attached hydrogens (primary N) is 1. The Hall–Kier alpha value is -2.50. The lowest BCUT2D eigenvalue weighted by molar-refractivity contribution is -0.118. The van der Waals surface area contributed by atoms with Gasteiger partial charge in [-0.25, -0.2) is 9.97 Å². The van der Waals surface area contributed by atoms with Crippen LogP contribution < -0.4 is 5.73 Å². The lowest BCUT2D eigenvalue weighted by Crippen LogP contribution is -2.09. The van der Waals surface area contributed by atoms with Crippen molar-refractivity contribution in [1.82, 2.24) is 19.5 Å². The van der Waals surface area contributed by atoms with E-state index >= 15 is 0 Å². The van der Waals surface area contributed by atoms with Gasteiger partial charge in [0.15, 0.2) is 0 Å². The van der Waals surface area contributed by atoms with Gasteiger partial charge >= 0.3 is 0 Å². The third kappa shape index (κ3) is 3.22. The summed E-state index contributed by atoms with van der Waals surface area (Å²) in [6, 6.07) is 3.91. The van der Waals surface area contributed by atoms with Crippen molar-refractivity contribution in [2.45, 2.75) is 52.0 Å². The van der Waals surface area contributed by atoms with E-state index in [1.165, 1.54) is 0 Å². The molecular formula is C18H23N5O. The quantitative estimate of drug-likeness (QED) is 0.676. The molecule has 3 heterocycles. The van der Waals surface area contributed by atoms with Gasteiger partial charge in [0.05, 0.1) is 23.1 Å². The standard InChI is InChI=1S/C18H23N5O/c1-12(2)15-17-18(16-13(22-15)7-6-9-20-16)23(11-21-17)10-5-3-4-8-14(19)24/h6-7,9,11-12H,3-5,8,10H2,1-2H3,(H2,19,24). The van der Waals surface area contributed by atoms with Crippen molar-refractivity contribution in [3.8, 4) is 0 Å². The van der Waals surface area contributed by atoms with E-state index in [0.29, 0.717) is 12.3 Å². The second kappa shape index (κ2) is 6.95. The zero-order valence-electron chi connectivity index (χ0n) is 14.2. The second-order valence-electron chi connectivity index (χ2n) is 6.44. The SMILES string of the molecule is CC(C)c1nc2cccnc2c2c1ncn2CCCCCC(N)=O. The Labute approximate surface area is 141 Å². The number of imidazole rings is 1. The van der Waals surface area contributed by atoms with Crippen molar-refractivity contribution >= 4 is 28.0 Å². The predicted molar refractivity (Wildman–Crippen MR) is 94.6 cm³/mol. The first-order valence-corrected chi connectivity index (χ1v) is 8.45.